The van der Waals surface area contributed by atoms with Gasteiger partial charge in [-0.3, -0.25) is 4.79 Å². The number of hydrogen-bond acceptors (Lipinski definition) is 3. The van der Waals surface area contributed by atoms with Crippen LogP contribution in [0.3, 0.4) is 0 Å². The highest BCUT2D eigenvalue weighted by Crippen LogP contribution is 2.24. The lowest BCUT2D eigenvalue weighted by atomic mass is 9.85. The van der Waals surface area contributed by atoms with Crippen molar-refractivity contribution in [2.24, 2.45) is 11.3 Å². The SMILES string of the molecule is C=CCS(=O)(=O)NCC(CC(C)(C)C)C(=O)O. The Morgan fingerprint density at radius 3 is 2.35 bits per heavy atom. The predicted molar refractivity (Wildman–Crippen MR) is 67.2 cm³/mol. The van der Waals surface area contributed by atoms with Crippen molar-refractivity contribution in [2.75, 3.05) is 12.3 Å². The van der Waals surface area contributed by atoms with E-state index in [0.717, 1.165) is 0 Å². The lowest BCUT2D eigenvalue weighted by Crippen LogP contribution is -2.35. The summed E-state index contributed by atoms with van der Waals surface area (Å²) >= 11 is 0. The second-order valence-corrected chi connectivity index (χ2v) is 7.07. The Morgan fingerprint density at radius 2 is 2.00 bits per heavy atom. The second-order valence-electron chi connectivity index (χ2n) is 5.22. The minimum Gasteiger partial charge on any atom is -0.481 e. The van der Waals surface area contributed by atoms with Gasteiger partial charge in [0.1, 0.15) is 0 Å². The standard InChI is InChI=1S/C11H21NO4S/c1-5-6-17(15,16)12-8-9(10(13)14)7-11(2,3)4/h5,9,12H,1,6-8H2,2-4H3,(H,13,14). The molecule has 5 nitrogen and oxygen atoms in total. The van der Waals surface area contributed by atoms with Gasteiger partial charge in [-0.25, -0.2) is 13.1 Å². The number of hydrogen-bond donors (Lipinski definition) is 2. The molecule has 1 unspecified atom stereocenters. The monoisotopic (exact) mass is 263 g/mol. The maximum atomic E-state index is 11.3. The Balaban J connectivity index is 4.49. The molecular formula is C11H21NO4S. The molecule has 0 rings (SSSR count). The largest absolute Gasteiger partial charge is 0.481 e. The summed E-state index contributed by atoms with van der Waals surface area (Å²) in [5.74, 6) is -1.90. The predicted octanol–water partition coefficient (Wildman–Crippen LogP) is 1.23. The van der Waals surface area contributed by atoms with Crippen molar-refractivity contribution in [1.29, 1.82) is 0 Å². The first-order chi connectivity index (χ1) is 7.57. The summed E-state index contributed by atoms with van der Waals surface area (Å²) in [6, 6.07) is 0. The molecule has 100 valence electrons. The first-order valence-electron chi connectivity index (χ1n) is 5.38. The fraction of sp³-hybridized carbons (Fsp3) is 0.727. The summed E-state index contributed by atoms with van der Waals surface area (Å²) in [5, 5.41) is 9.01. The van der Waals surface area contributed by atoms with E-state index >= 15 is 0 Å². The van der Waals surface area contributed by atoms with Crippen molar-refractivity contribution in [3.63, 3.8) is 0 Å². The summed E-state index contributed by atoms with van der Waals surface area (Å²) < 4.78 is 25.0. The minimum absolute atomic E-state index is 0.0806. The van der Waals surface area contributed by atoms with E-state index in [4.69, 9.17) is 5.11 Å². The molecule has 0 saturated heterocycles. The zero-order chi connectivity index (χ0) is 13.7. The number of carbonyl (C=O) groups is 1. The van der Waals surface area contributed by atoms with Crippen LogP contribution in [0.5, 0.6) is 0 Å². The van der Waals surface area contributed by atoms with Gasteiger partial charge in [0.05, 0.1) is 11.7 Å². The summed E-state index contributed by atoms with van der Waals surface area (Å²) in [6.07, 6.45) is 1.68. The molecule has 0 heterocycles. The third-order valence-electron chi connectivity index (χ3n) is 2.09. The molecule has 6 heteroatoms. The maximum Gasteiger partial charge on any atom is 0.307 e. The summed E-state index contributed by atoms with van der Waals surface area (Å²) in [6.45, 7) is 9.00. The fourth-order valence-corrected chi connectivity index (χ4v) is 2.31. The number of aliphatic carboxylic acids is 1. The average molecular weight is 263 g/mol. The molecule has 0 fully saturated rings. The van der Waals surface area contributed by atoms with Gasteiger partial charge in [0.25, 0.3) is 0 Å². The highest BCUT2D eigenvalue weighted by molar-refractivity contribution is 7.89. The summed E-state index contributed by atoms with van der Waals surface area (Å²) in [7, 11) is -3.45. The molecule has 0 saturated carbocycles. The lowest BCUT2D eigenvalue weighted by molar-refractivity contribution is -0.142. The van der Waals surface area contributed by atoms with Crippen molar-refractivity contribution < 1.29 is 18.3 Å². The molecule has 0 amide bonds. The third-order valence-corrected chi connectivity index (χ3v) is 3.38. The van der Waals surface area contributed by atoms with Crippen molar-refractivity contribution in [3.8, 4) is 0 Å². The van der Waals surface area contributed by atoms with Crippen molar-refractivity contribution in [3.05, 3.63) is 12.7 Å². The highest BCUT2D eigenvalue weighted by Gasteiger charge is 2.25. The molecule has 0 aromatic carbocycles. The van der Waals surface area contributed by atoms with Crippen LogP contribution in [0.25, 0.3) is 0 Å². The molecule has 0 spiro atoms. The van der Waals surface area contributed by atoms with Crippen LogP contribution in [-0.4, -0.2) is 31.8 Å². The van der Waals surface area contributed by atoms with Gasteiger partial charge in [0.2, 0.25) is 10.0 Å². The van der Waals surface area contributed by atoms with Crippen LogP contribution in [0.4, 0.5) is 0 Å². The van der Waals surface area contributed by atoms with Crippen LogP contribution in [0, 0.1) is 11.3 Å². The molecule has 2 N–H and O–H groups in total. The highest BCUT2D eigenvalue weighted by atomic mass is 32.2. The van der Waals surface area contributed by atoms with E-state index in [1.807, 2.05) is 20.8 Å². The molecule has 0 aliphatic carbocycles. The molecule has 0 bridgehead atoms. The van der Waals surface area contributed by atoms with Gasteiger partial charge in [0, 0.05) is 6.54 Å². The molecule has 0 radical (unpaired) electrons. The Morgan fingerprint density at radius 1 is 1.47 bits per heavy atom. The normalized spacial score (nSPS) is 14.3. The molecular weight excluding hydrogens is 242 g/mol. The van der Waals surface area contributed by atoms with E-state index in [2.05, 4.69) is 11.3 Å². The number of nitrogens with one attached hydrogen (secondary N) is 1. The Kier molecular flexibility index (Phi) is 5.84. The van der Waals surface area contributed by atoms with Crippen LogP contribution >= 0.6 is 0 Å². The fourth-order valence-electron chi connectivity index (χ4n) is 1.43. The molecule has 0 aliphatic rings. The smallest absolute Gasteiger partial charge is 0.307 e. The molecule has 0 aromatic rings. The van der Waals surface area contributed by atoms with Crippen LogP contribution < -0.4 is 4.72 Å². The quantitative estimate of drug-likeness (QED) is 0.677. The van der Waals surface area contributed by atoms with E-state index in [1.54, 1.807) is 0 Å². The van der Waals surface area contributed by atoms with Crippen LogP contribution in [0.2, 0.25) is 0 Å². The Labute approximate surface area is 103 Å². The van der Waals surface area contributed by atoms with Crippen LogP contribution in [0.15, 0.2) is 12.7 Å². The zero-order valence-corrected chi connectivity index (χ0v) is 11.4. The molecule has 0 aliphatic heterocycles. The second kappa shape index (κ2) is 6.16. The number of rotatable bonds is 7. The number of carboxylic acids is 1. The van der Waals surface area contributed by atoms with E-state index in [1.165, 1.54) is 6.08 Å². The van der Waals surface area contributed by atoms with Gasteiger partial charge in [0.15, 0.2) is 0 Å². The Hall–Kier alpha value is -0.880. The van der Waals surface area contributed by atoms with Crippen molar-refractivity contribution in [2.45, 2.75) is 27.2 Å². The zero-order valence-electron chi connectivity index (χ0n) is 10.6. The maximum absolute atomic E-state index is 11.3. The molecule has 0 aromatic heterocycles. The van der Waals surface area contributed by atoms with Crippen molar-refractivity contribution in [1.82, 2.24) is 4.72 Å². The Bertz CT molecular complexity index is 367. The summed E-state index contributed by atoms with van der Waals surface area (Å²) in [5.41, 5.74) is -0.160. The topological polar surface area (TPSA) is 83.5 Å². The third kappa shape index (κ3) is 7.93. The van der Waals surface area contributed by atoms with Crippen LogP contribution in [-0.2, 0) is 14.8 Å². The number of carboxylic acid groups (broad SMARTS) is 1. The van der Waals surface area contributed by atoms with E-state index in [0.29, 0.717) is 6.42 Å². The van der Waals surface area contributed by atoms with Gasteiger partial charge < -0.3 is 5.11 Å². The average Bonchev–Trinajstić information content (AvgIpc) is 2.10. The van der Waals surface area contributed by atoms with Gasteiger partial charge in [-0.15, -0.1) is 6.58 Å². The van der Waals surface area contributed by atoms with E-state index < -0.39 is 21.9 Å². The van der Waals surface area contributed by atoms with E-state index in [9.17, 15) is 13.2 Å². The first kappa shape index (κ1) is 16.1. The minimum atomic E-state index is -3.45. The number of sulfonamides is 1. The van der Waals surface area contributed by atoms with Gasteiger partial charge >= 0.3 is 5.97 Å². The van der Waals surface area contributed by atoms with Crippen LogP contribution in [0.1, 0.15) is 27.2 Å². The van der Waals surface area contributed by atoms with Crippen molar-refractivity contribution >= 4 is 16.0 Å². The summed E-state index contributed by atoms with van der Waals surface area (Å²) in [4.78, 5) is 11.0. The van der Waals surface area contributed by atoms with Gasteiger partial charge in [-0.1, -0.05) is 26.8 Å². The molecule has 1 atom stereocenters. The van der Waals surface area contributed by atoms with E-state index in [-0.39, 0.29) is 17.7 Å². The lowest BCUT2D eigenvalue weighted by Gasteiger charge is -2.23. The van der Waals surface area contributed by atoms with Gasteiger partial charge in [-0.2, -0.15) is 0 Å². The first-order valence-corrected chi connectivity index (χ1v) is 7.03. The molecule has 17 heavy (non-hydrogen) atoms. The van der Waals surface area contributed by atoms with Gasteiger partial charge in [-0.05, 0) is 11.8 Å².